The number of furan rings is 1. The molecule has 0 radical (unpaired) electrons. The summed E-state index contributed by atoms with van der Waals surface area (Å²) >= 11 is 0. The molecule has 0 bridgehead atoms. The van der Waals surface area contributed by atoms with Crippen LogP contribution in [0.3, 0.4) is 0 Å². The Morgan fingerprint density at radius 2 is 1.08 bits per heavy atom. The number of hydrogen-bond acceptors (Lipinski definition) is 6. The molecular weight excluding hydrogens is 641 g/mol. The molecule has 0 aliphatic heterocycles. The monoisotopic (exact) mass is 666 g/mol. The Kier molecular flexibility index (Phi) is 6.12. The van der Waals surface area contributed by atoms with Crippen LogP contribution in [0.2, 0.25) is 0 Å². The number of nitrogens with zero attached hydrogens (tertiary/aromatic N) is 6. The number of para-hydroxylation sites is 2. The summed E-state index contributed by atoms with van der Waals surface area (Å²) in [6.45, 7) is 0. The van der Waals surface area contributed by atoms with Crippen LogP contribution in [-0.2, 0) is 0 Å². The first-order valence-corrected chi connectivity index (χ1v) is 17.2. The van der Waals surface area contributed by atoms with Crippen LogP contribution in [-0.4, -0.2) is 29.5 Å². The van der Waals surface area contributed by atoms with Gasteiger partial charge in [0.2, 0.25) is 5.95 Å². The lowest BCUT2D eigenvalue weighted by atomic mass is 9.96. The SMILES string of the molecule is c1ccc(-c2nc(-c3ccccc3)nc(-n3c4ccccc4c4cc(-c5cc6cc7oc8ccccc8c7cc6c6nccnc56)ccc43)n2)cc1. The molecule has 0 amide bonds. The fourth-order valence-electron chi connectivity index (χ4n) is 7.54. The van der Waals surface area contributed by atoms with E-state index in [1.54, 1.807) is 12.4 Å². The van der Waals surface area contributed by atoms with E-state index in [-0.39, 0.29) is 0 Å². The molecule has 242 valence electrons. The highest BCUT2D eigenvalue weighted by Crippen LogP contribution is 2.40. The van der Waals surface area contributed by atoms with Crippen molar-refractivity contribution in [3.8, 4) is 39.9 Å². The summed E-state index contributed by atoms with van der Waals surface area (Å²) in [6.07, 6.45) is 3.53. The van der Waals surface area contributed by atoms with Crippen molar-refractivity contribution in [2.24, 2.45) is 0 Å². The molecule has 4 heterocycles. The lowest BCUT2D eigenvalue weighted by molar-refractivity contribution is 0.669. The fraction of sp³-hybridized carbons (Fsp3) is 0. The van der Waals surface area contributed by atoms with Gasteiger partial charge in [-0.25, -0.2) is 4.98 Å². The Bertz CT molecular complexity index is 3130. The normalized spacial score (nSPS) is 11.8. The molecule has 4 aromatic heterocycles. The summed E-state index contributed by atoms with van der Waals surface area (Å²) in [5.74, 6) is 1.79. The van der Waals surface area contributed by atoms with E-state index in [4.69, 9.17) is 29.3 Å². The zero-order chi connectivity index (χ0) is 34.2. The number of hydrogen-bond donors (Lipinski definition) is 0. The quantitative estimate of drug-likeness (QED) is 0.174. The second kappa shape index (κ2) is 11.1. The summed E-state index contributed by atoms with van der Waals surface area (Å²) in [5, 5.41) is 6.43. The van der Waals surface area contributed by atoms with Crippen molar-refractivity contribution in [1.29, 1.82) is 0 Å². The number of fused-ring (bicyclic) bond motifs is 9. The molecule has 0 spiro atoms. The minimum Gasteiger partial charge on any atom is -0.456 e. The van der Waals surface area contributed by atoms with Gasteiger partial charge in [-0.2, -0.15) is 9.97 Å². The van der Waals surface area contributed by atoms with Gasteiger partial charge in [0.25, 0.3) is 0 Å². The van der Waals surface area contributed by atoms with Crippen molar-refractivity contribution in [2.45, 2.75) is 0 Å². The molecule has 7 heteroatoms. The van der Waals surface area contributed by atoms with Crippen LogP contribution in [0.4, 0.5) is 0 Å². The fourth-order valence-corrected chi connectivity index (χ4v) is 7.54. The molecule has 11 rings (SSSR count). The third-order valence-electron chi connectivity index (χ3n) is 9.93. The van der Waals surface area contributed by atoms with Crippen LogP contribution in [0.15, 0.2) is 162 Å². The van der Waals surface area contributed by atoms with Gasteiger partial charge in [0.1, 0.15) is 11.2 Å². The van der Waals surface area contributed by atoms with E-state index >= 15 is 0 Å². The predicted octanol–water partition coefficient (Wildman–Crippen LogP) is 11.0. The molecule has 0 atom stereocenters. The minimum absolute atomic E-state index is 0.559. The van der Waals surface area contributed by atoms with Gasteiger partial charge >= 0.3 is 0 Å². The Morgan fingerprint density at radius 3 is 1.85 bits per heavy atom. The standard InChI is InChI=1S/C45H26N6O/c1-3-11-27(12-4-1)43-48-44(28-13-5-2-6-14-28)50-45(49-43)51-37-17-9-7-15-31(37)35-23-29(19-20-38(35)51)33-24-30-25-40-36(32-16-8-10-18-39(32)52-40)26-34(30)42-41(33)46-21-22-47-42/h1-26H. The molecular formula is C45H26N6O. The molecule has 11 aromatic rings. The maximum atomic E-state index is 6.29. The maximum Gasteiger partial charge on any atom is 0.238 e. The van der Waals surface area contributed by atoms with Crippen molar-refractivity contribution in [3.63, 3.8) is 0 Å². The Hall–Kier alpha value is -7.25. The topological polar surface area (TPSA) is 82.5 Å². The second-order valence-electron chi connectivity index (χ2n) is 12.9. The molecule has 0 saturated carbocycles. The van der Waals surface area contributed by atoms with Gasteiger partial charge in [0, 0.05) is 56.0 Å². The number of benzene rings is 7. The number of rotatable bonds is 4. The average molecular weight is 667 g/mol. The zero-order valence-corrected chi connectivity index (χ0v) is 27.6. The highest BCUT2D eigenvalue weighted by molar-refractivity contribution is 6.18. The predicted molar refractivity (Wildman–Crippen MR) is 208 cm³/mol. The van der Waals surface area contributed by atoms with E-state index < -0.39 is 0 Å². The van der Waals surface area contributed by atoms with Gasteiger partial charge in [-0.1, -0.05) is 103 Å². The minimum atomic E-state index is 0.559. The van der Waals surface area contributed by atoms with Gasteiger partial charge in [-0.05, 0) is 53.4 Å². The first-order chi connectivity index (χ1) is 25.8. The third-order valence-corrected chi connectivity index (χ3v) is 9.93. The summed E-state index contributed by atoms with van der Waals surface area (Å²) in [6, 6.07) is 49.8. The first-order valence-electron chi connectivity index (χ1n) is 17.2. The van der Waals surface area contributed by atoms with Gasteiger partial charge in [0.15, 0.2) is 11.6 Å². The van der Waals surface area contributed by atoms with E-state index in [2.05, 4.69) is 71.3 Å². The molecule has 52 heavy (non-hydrogen) atoms. The van der Waals surface area contributed by atoms with Crippen LogP contribution in [0.5, 0.6) is 0 Å². The van der Waals surface area contributed by atoms with Gasteiger partial charge < -0.3 is 4.42 Å². The maximum absolute atomic E-state index is 6.29. The zero-order valence-electron chi connectivity index (χ0n) is 27.6. The van der Waals surface area contributed by atoms with Gasteiger partial charge in [-0.15, -0.1) is 0 Å². The summed E-state index contributed by atoms with van der Waals surface area (Å²) in [4.78, 5) is 24.9. The Labute approximate surface area is 296 Å². The Morgan fingerprint density at radius 1 is 0.423 bits per heavy atom. The summed E-state index contributed by atoms with van der Waals surface area (Å²) in [5.41, 5.74) is 9.33. The van der Waals surface area contributed by atoms with Crippen LogP contribution >= 0.6 is 0 Å². The second-order valence-corrected chi connectivity index (χ2v) is 12.9. The van der Waals surface area contributed by atoms with E-state index in [0.717, 1.165) is 87.8 Å². The lowest BCUT2D eigenvalue weighted by Gasteiger charge is -2.12. The largest absolute Gasteiger partial charge is 0.456 e. The summed E-state index contributed by atoms with van der Waals surface area (Å²) < 4.78 is 8.43. The van der Waals surface area contributed by atoms with Crippen molar-refractivity contribution in [1.82, 2.24) is 29.5 Å². The first kappa shape index (κ1) is 28.6. The molecule has 0 unspecified atom stereocenters. The van der Waals surface area contributed by atoms with Crippen molar-refractivity contribution in [2.75, 3.05) is 0 Å². The molecule has 0 fully saturated rings. The Balaban J connectivity index is 1.15. The van der Waals surface area contributed by atoms with Gasteiger partial charge in [0.05, 0.1) is 22.1 Å². The molecule has 0 N–H and O–H groups in total. The highest BCUT2D eigenvalue weighted by atomic mass is 16.3. The molecule has 0 saturated heterocycles. The summed E-state index contributed by atoms with van der Waals surface area (Å²) in [7, 11) is 0. The van der Waals surface area contributed by atoms with E-state index in [9.17, 15) is 0 Å². The number of aromatic nitrogens is 6. The average Bonchev–Trinajstić information content (AvgIpc) is 3.75. The van der Waals surface area contributed by atoms with Crippen LogP contribution < -0.4 is 0 Å². The molecule has 0 aliphatic rings. The highest BCUT2D eigenvalue weighted by Gasteiger charge is 2.20. The van der Waals surface area contributed by atoms with E-state index in [1.165, 1.54) is 0 Å². The van der Waals surface area contributed by atoms with Crippen molar-refractivity contribution in [3.05, 3.63) is 158 Å². The van der Waals surface area contributed by atoms with E-state index in [1.807, 2.05) is 78.9 Å². The molecule has 0 aliphatic carbocycles. The smallest absolute Gasteiger partial charge is 0.238 e. The van der Waals surface area contributed by atoms with Crippen LogP contribution in [0.25, 0.3) is 105 Å². The third kappa shape index (κ3) is 4.36. The lowest BCUT2D eigenvalue weighted by Crippen LogP contribution is -2.06. The van der Waals surface area contributed by atoms with E-state index in [0.29, 0.717) is 17.6 Å². The van der Waals surface area contributed by atoms with Crippen LogP contribution in [0.1, 0.15) is 0 Å². The van der Waals surface area contributed by atoms with Gasteiger partial charge in [-0.3, -0.25) is 14.5 Å². The van der Waals surface area contributed by atoms with Crippen molar-refractivity contribution >= 4 is 65.6 Å². The molecule has 7 nitrogen and oxygen atoms in total. The van der Waals surface area contributed by atoms with Crippen molar-refractivity contribution < 1.29 is 4.42 Å². The molecule has 7 aromatic carbocycles. The van der Waals surface area contributed by atoms with Crippen LogP contribution in [0, 0.1) is 0 Å².